The van der Waals surface area contributed by atoms with Gasteiger partial charge in [0.15, 0.2) is 0 Å². The molecule has 3 amide bonds. The molecular weight excluding hydrogens is 269 g/mol. The molecule has 20 heavy (non-hydrogen) atoms. The molecule has 0 radical (unpaired) electrons. The van der Waals surface area contributed by atoms with Gasteiger partial charge in [0.25, 0.3) is 0 Å². The molecule has 1 heterocycles. The number of hydrogen-bond acceptors (Lipinski definition) is 3. The molecule has 0 aromatic heterocycles. The number of nitrogens with zero attached hydrogens (tertiary/aromatic N) is 1. The molecule has 1 aliphatic heterocycles. The van der Waals surface area contributed by atoms with E-state index in [0.717, 1.165) is 6.07 Å². The number of anilines is 1. The Bertz CT molecular complexity index is 576. The molecule has 2 rings (SSSR count). The van der Waals surface area contributed by atoms with Gasteiger partial charge in [0.2, 0.25) is 5.91 Å². The molecule has 0 unspecified atom stereocenters. The first kappa shape index (κ1) is 13.8. The summed E-state index contributed by atoms with van der Waals surface area (Å²) in [4.78, 5) is 35.3. The monoisotopic (exact) mass is 281 g/mol. The quantitative estimate of drug-likeness (QED) is 0.734. The number of carboxylic acid groups (broad SMARTS) is 1. The highest BCUT2D eigenvalue weighted by atomic mass is 19.1. The van der Waals surface area contributed by atoms with Gasteiger partial charge in [0.1, 0.15) is 12.4 Å². The third-order valence-electron chi connectivity index (χ3n) is 2.80. The number of halogens is 1. The third-order valence-corrected chi connectivity index (χ3v) is 2.80. The zero-order chi connectivity index (χ0) is 14.7. The van der Waals surface area contributed by atoms with Crippen molar-refractivity contribution >= 4 is 23.6 Å². The zero-order valence-electron chi connectivity index (χ0n) is 10.4. The highest BCUT2D eigenvalue weighted by Gasteiger charge is 2.23. The minimum atomic E-state index is -1.35. The fourth-order valence-corrected chi connectivity index (χ4v) is 1.83. The van der Waals surface area contributed by atoms with E-state index >= 15 is 0 Å². The van der Waals surface area contributed by atoms with Crippen molar-refractivity contribution in [3.63, 3.8) is 0 Å². The van der Waals surface area contributed by atoms with Gasteiger partial charge in [0, 0.05) is 13.1 Å². The smallest absolute Gasteiger partial charge is 0.337 e. The first-order valence-corrected chi connectivity index (χ1v) is 5.83. The molecule has 0 aliphatic carbocycles. The van der Waals surface area contributed by atoms with Crippen LogP contribution in [0.25, 0.3) is 0 Å². The van der Waals surface area contributed by atoms with E-state index in [0.29, 0.717) is 6.54 Å². The highest BCUT2D eigenvalue weighted by molar-refractivity contribution is 6.01. The summed E-state index contributed by atoms with van der Waals surface area (Å²) >= 11 is 0. The van der Waals surface area contributed by atoms with Gasteiger partial charge in [-0.1, -0.05) is 6.07 Å². The molecule has 0 bridgehead atoms. The number of amides is 3. The minimum absolute atomic E-state index is 0.150. The summed E-state index contributed by atoms with van der Waals surface area (Å²) in [5, 5.41) is 13.7. The maximum absolute atomic E-state index is 13.6. The van der Waals surface area contributed by atoms with Crippen LogP contribution in [-0.4, -0.2) is 47.5 Å². The van der Waals surface area contributed by atoms with E-state index in [9.17, 15) is 18.8 Å². The maximum atomic E-state index is 13.6. The van der Waals surface area contributed by atoms with E-state index in [-0.39, 0.29) is 24.6 Å². The van der Waals surface area contributed by atoms with Gasteiger partial charge in [-0.15, -0.1) is 0 Å². The van der Waals surface area contributed by atoms with Crippen LogP contribution in [0, 0.1) is 5.82 Å². The van der Waals surface area contributed by atoms with Gasteiger partial charge in [-0.05, 0) is 12.1 Å². The molecule has 8 heteroatoms. The number of carbonyl (C=O) groups excluding carboxylic acids is 2. The van der Waals surface area contributed by atoms with E-state index in [1.54, 1.807) is 0 Å². The summed E-state index contributed by atoms with van der Waals surface area (Å²) in [7, 11) is 0. The summed E-state index contributed by atoms with van der Waals surface area (Å²) in [5.74, 6) is -2.52. The average molecular weight is 281 g/mol. The van der Waals surface area contributed by atoms with E-state index in [2.05, 4.69) is 10.6 Å². The number of hydrogen-bond donors (Lipinski definition) is 3. The van der Waals surface area contributed by atoms with Crippen LogP contribution in [-0.2, 0) is 4.79 Å². The van der Waals surface area contributed by atoms with Crippen LogP contribution in [0.5, 0.6) is 0 Å². The molecule has 7 nitrogen and oxygen atoms in total. The predicted octanol–water partition coefficient (Wildman–Crippen LogP) is 0.488. The molecule has 1 aliphatic rings. The molecule has 0 spiro atoms. The number of nitrogens with one attached hydrogen (secondary N) is 2. The molecule has 3 N–H and O–H groups in total. The Morgan fingerprint density at radius 3 is 2.80 bits per heavy atom. The Balaban J connectivity index is 2.19. The van der Waals surface area contributed by atoms with Gasteiger partial charge >= 0.3 is 12.0 Å². The number of benzene rings is 1. The number of para-hydroxylation sites is 1. The van der Waals surface area contributed by atoms with Crippen molar-refractivity contribution in [2.24, 2.45) is 0 Å². The molecule has 1 aromatic carbocycles. The van der Waals surface area contributed by atoms with Gasteiger partial charge in [-0.2, -0.15) is 0 Å². The molecule has 106 valence electrons. The van der Waals surface area contributed by atoms with Gasteiger partial charge in [-0.3, -0.25) is 4.79 Å². The summed E-state index contributed by atoms with van der Waals surface area (Å²) < 4.78 is 13.6. The van der Waals surface area contributed by atoms with Crippen molar-refractivity contribution in [1.29, 1.82) is 0 Å². The number of carboxylic acids is 1. The SMILES string of the molecule is O=C1CN(C(=O)Nc2c(F)cccc2C(=O)O)CCN1. The lowest BCUT2D eigenvalue weighted by atomic mass is 10.1. The molecule has 1 fully saturated rings. The Hall–Kier alpha value is -2.64. The molecular formula is C12H12FN3O4. The maximum Gasteiger partial charge on any atom is 0.337 e. The Kier molecular flexibility index (Phi) is 3.83. The average Bonchev–Trinajstić information content (AvgIpc) is 2.40. The zero-order valence-corrected chi connectivity index (χ0v) is 10.4. The molecule has 1 saturated heterocycles. The van der Waals surface area contributed by atoms with Crippen molar-refractivity contribution < 1.29 is 23.9 Å². The van der Waals surface area contributed by atoms with E-state index in [4.69, 9.17) is 5.11 Å². The standard InChI is InChI=1S/C12H12FN3O4/c13-8-3-1-2-7(11(18)19)10(8)15-12(20)16-5-4-14-9(17)6-16/h1-3H,4-6H2,(H,14,17)(H,15,20)(H,18,19). The van der Waals surface area contributed by atoms with Gasteiger partial charge in [-0.25, -0.2) is 14.0 Å². The van der Waals surface area contributed by atoms with Crippen LogP contribution in [0.1, 0.15) is 10.4 Å². The van der Waals surface area contributed by atoms with Crippen molar-refractivity contribution in [1.82, 2.24) is 10.2 Å². The van der Waals surface area contributed by atoms with Crippen molar-refractivity contribution in [3.8, 4) is 0 Å². The predicted molar refractivity (Wildman–Crippen MR) is 67.0 cm³/mol. The van der Waals surface area contributed by atoms with E-state index < -0.39 is 23.5 Å². The Morgan fingerprint density at radius 1 is 1.40 bits per heavy atom. The van der Waals surface area contributed by atoms with E-state index in [1.165, 1.54) is 17.0 Å². The van der Waals surface area contributed by atoms with Crippen molar-refractivity contribution in [3.05, 3.63) is 29.6 Å². The lowest BCUT2D eigenvalue weighted by Crippen LogP contribution is -2.51. The second-order valence-electron chi connectivity index (χ2n) is 4.17. The number of aromatic carboxylic acids is 1. The minimum Gasteiger partial charge on any atom is -0.478 e. The number of urea groups is 1. The fraction of sp³-hybridized carbons (Fsp3) is 0.250. The molecule has 0 saturated carbocycles. The van der Waals surface area contributed by atoms with E-state index in [1.807, 2.05) is 0 Å². The number of rotatable bonds is 2. The van der Waals surface area contributed by atoms with Gasteiger partial charge in [0.05, 0.1) is 11.3 Å². The topological polar surface area (TPSA) is 98.7 Å². The van der Waals surface area contributed by atoms with Crippen LogP contribution in [0.2, 0.25) is 0 Å². The number of piperazine rings is 1. The van der Waals surface area contributed by atoms with Crippen LogP contribution < -0.4 is 10.6 Å². The van der Waals surface area contributed by atoms with Crippen LogP contribution in [0.15, 0.2) is 18.2 Å². The van der Waals surface area contributed by atoms with Crippen molar-refractivity contribution in [2.75, 3.05) is 25.0 Å². The fourth-order valence-electron chi connectivity index (χ4n) is 1.83. The largest absolute Gasteiger partial charge is 0.478 e. The lowest BCUT2D eigenvalue weighted by molar-refractivity contribution is -0.123. The highest BCUT2D eigenvalue weighted by Crippen LogP contribution is 2.20. The van der Waals surface area contributed by atoms with Crippen LogP contribution in [0.4, 0.5) is 14.9 Å². The second kappa shape index (κ2) is 5.55. The summed E-state index contributed by atoms with van der Waals surface area (Å²) in [5.41, 5.74) is -0.754. The molecule has 0 atom stereocenters. The van der Waals surface area contributed by atoms with Crippen molar-refractivity contribution in [2.45, 2.75) is 0 Å². The third kappa shape index (κ3) is 2.85. The normalized spacial score (nSPS) is 14.7. The first-order valence-electron chi connectivity index (χ1n) is 5.83. The Labute approximate surface area is 113 Å². The number of carbonyl (C=O) groups is 3. The first-order chi connectivity index (χ1) is 9.49. The lowest BCUT2D eigenvalue weighted by Gasteiger charge is -2.27. The van der Waals surface area contributed by atoms with Crippen LogP contribution in [0.3, 0.4) is 0 Å². The van der Waals surface area contributed by atoms with Gasteiger partial charge < -0.3 is 20.6 Å². The Morgan fingerprint density at radius 2 is 2.15 bits per heavy atom. The summed E-state index contributed by atoms with van der Waals surface area (Å²) in [6.07, 6.45) is 0. The second-order valence-corrected chi connectivity index (χ2v) is 4.17. The summed E-state index contributed by atoms with van der Waals surface area (Å²) in [6, 6.07) is 2.75. The summed E-state index contributed by atoms with van der Waals surface area (Å²) in [6.45, 7) is 0.423. The van der Waals surface area contributed by atoms with Crippen LogP contribution >= 0.6 is 0 Å². The molecule has 1 aromatic rings.